The summed E-state index contributed by atoms with van der Waals surface area (Å²) in [5.74, 6) is 1.30. The first-order valence-electron chi connectivity index (χ1n) is 7.15. The monoisotopic (exact) mass is 434 g/mol. The number of rotatable bonds is 2. The van der Waals surface area contributed by atoms with Crippen molar-refractivity contribution < 1.29 is 0 Å². The van der Waals surface area contributed by atoms with E-state index in [9.17, 15) is 0 Å². The maximum atomic E-state index is 5.94. The maximum absolute atomic E-state index is 5.94. The number of fused-ring (bicyclic) bond motifs is 3. The minimum Gasteiger partial charge on any atom is -0.301 e. The van der Waals surface area contributed by atoms with E-state index in [1.165, 1.54) is 0 Å². The standard InChI is InChI=1S/C17H12ClIN4/c18-8-12-10-23-15-5-4-11(19)7-13(15)17(21-9-16(23)22-12)14-3-1-2-6-20-14/h1-7,10H,8-9H2. The molecular weight excluding hydrogens is 423 g/mol. The second kappa shape index (κ2) is 6.05. The average molecular weight is 435 g/mol. The van der Waals surface area contributed by atoms with Gasteiger partial charge in [-0.25, -0.2) is 4.98 Å². The molecule has 0 N–H and O–H groups in total. The molecule has 6 heteroatoms. The molecule has 0 amide bonds. The number of hydrogen-bond acceptors (Lipinski definition) is 3. The normalized spacial score (nSPS) is 13.0. The van der Waals surface area contributed by atoms with Crippen LogP contribution in [0.1, 0.15) is 22.8 Å². The number of benzene rings is 1. The summed E-state index contributed by atoms with van der Waals surface area (Å²) in [6.07, 6.45) is 3.78. The smallest absolute Gasteiger partial charge is 0.135 e. The molecule has 0 spiro atoms. The molecular formula is C17H12ClIN4. The van der Waals surface area contributed by atoms with Gasteiger partial charge in [0.25, 0.3) is 0 Å². The van der Waals surface area contributed by atoms with E-state index in [1.54, 1.807) is 6.20 Å². The first kappa shape index (κ1) is 14.8. The summed E-state index contributed by atoms with van der Waals surface area (Å²) < 4.78 is 3.24. The van der Waals surface area contributed by atoms with Gasteiger partial charge >= 0.3 is 0 Å². The van der Waals surface area contributed by atoms with E-state index >= 15 is 0 Å². The number of aliphatic imine (C=N–C) groups is 1. The first-order valence-corrected chi connectivity index (χ1v) is 8.77. The molecule has 0 fully saturated rings. The Balaban J connectivity index is 1.96. The molecule has 1 aliphatic heterocycles. The van der Waals surface area contributed by atoms with Gasteiger partial charge in [-0.2, -0.15) is 0 Å². The Labute approximate surface area is 152 Å². The van der Waals surface area contributed by atoms with Gasteiger partial charge < -0.3 is 4.57 Å². The Morgan fingerprint density at radius 1 is 1.22 bits per heavy atom. The van der Waals surface area contributed by atoms with Gasteiger partial charge in [-0.15, -0.1) is 11.6 Å². The fourth-order valence-corrected chi connectivity index (χ4v) is 3.34. The van der Waals surface area contributed by atoms with Crippen LogP contribution in [0.5, 0.6) is 0 Å². The number of imidazole rings is 1. The molecule has 0 bridgehead atoms. The SMILES string of the molecule is ClCc1cn2c(n1)CN=C(c1ccccn1)c1cc(I)ccc1-2. The van der Waals surface area contributed by atoms with Crippen LogP contribution in [0.2, 0.25) is 0 Å². The van der Waals surface area contributed by atoms with Crippen molar-refractivity contribution in [3.05, 3.63) is 75.1 Å². The number of nitrogens with zero attached hydrogens (tertiary/aromatic N) is 4. The van der Waals surface area contributed by atoms with Gasteiger partial charge in [0.05, 0.1) is 35.2 Å². The molecule has 3 aromatic rings. The summed E-state index contributed by atoms with van der Waals surface area (Å²) >= 11 is 8.26. The van der Waals surface area contributed by atoms with Crippen LogP contribution in [0.3, 0.4) is 0 Å². The highest BCUT2D eigenvalue weighted by atomic mass is 127. The fraction of sp³-hybridized carbons (Fsp3) is 0.118. The van der Waals surface area contributed by atoms with E-state index in [4.69, 9.17) is 16.6 Å². The van der Waals surface area contributed by atoms with Crippen LogP contribution < -0.4 is 0 Å². The molecule has 0 saturated carbocycles. The van der Waals surface area contributed by atoms with Crippen LogP contribution in [0.25, 0.3) is 5.69 Å². The highest BCUT2D eigenvalue weighted by Crippen LogP contribution is 2.26. The van der Waals surface area contributed by atoms with Crippen LogP contribution >= 0.6 is 34.2 Å². The van der Waals surface area contributed by atoms with Gasteiger partial charge in [0.15, 0.2) is 0 Å². The highest BCUT2D eigenvalue weighted by Gasteiger charge is 2.21. The maximum Gasteiger partial charge on any atom is 0.135 e. The van der Waals surface area contributed by atoms with Gasteiger partial charge in [-0.3, -0.25) is 9.98 Å². The zero-order chi connectivity index (χ0) is 15.8. The molecule has 2 aromatic heterocycles. The van der Waals surface area contributed by atoms with Crippen molar-refractivity contribution in [3.8, 4) is 5.69 Å². The Morgan fingerprint density at radius 2 is 2.13 bits per heavy atom. The van der Waals surface area contributed by atoms with E-state index in [1.807, 2.05) is 24.4 Å². The number of halogens is 2. The fourth-order valence-electron chi connectivity index (χ4n) is 2.72. The van der Waals surface area contributed by atoms with Crippen molar-refractivity contribution in [1.29, 1.82) is 0 Å². The number of pyridine rings is 1. The van der Waals surface area contributed by atoms with Gasteiger partial charge in [-0.1, -0.05) is 6.07 Å². The predicted molar refractivity (Wildman–Crippen MR) is 99.4 cm³/mol. The minimum atomic E-state index is 0.399. The Kier molecular flexibility index (Phi) is 3.90. The third-order valence-electron chi connectivity index (χ3n) is 3.73. The number of alkyl halides is 1. The predicted octanol–water partition coefficient (Wildman–Crippen LogP) is 3.96. The van der Waals surface area contributed by atoms with Gasteiger partial charge in [0, 0.05) is 21.5 Å². The molecule has 3 heterocycles. The third kappa shape index (κ3) is 2.68. The van der Waals surface area contributed by atoms with Crippen LogP contribution in [-0.2, 0) is 12.4 Å². The second-order valence-corrected chi connectivity index (χ2v) is 6.71. The quantitative estimate of drug-likeness (QED) is 0.453. The Hall–Kier alpha value is -1.73. The summed E-state index contributed by atoms with van der Waals surface area (Å²) in [5, 5.41) is 0. The van der Waals surface area contributed by atoms with Crippen molar-refractivity contribution in [3.63, 3.8) is 0 Å². The van der Waals surface area contributed by atoms with E-state index in [-0.39, 0.29) is 0 Å². The van der Waals surface area contributed by atoms with Crippen LogP contribution in [-0.4, -0.2) is 20.2 Å². The molecule has 0 atom stereocenters. The minimum absolute atomic E-state index is 0.399. The lowest BCUT2D eigenvalue weighted by atomic mass is 10.0. The number of hydrogen-bond donors (Lipinski definition) is 0. The second-order valence-electron chi connectivity index (χ2n) is 5.19. The zero-order valence-corrected chi connectivity index (χ0v) is 15.0. The van der Waals surface area contributed by atoms with Crippen LogP contribution in [0.15, 0.2) is 53.8 Å². The first-order chi connectivity index (χ1) is 11.3. The lowest BCUT2D eigenvalue weighted by Gasteiger charge is -2.11. The lowest BCUT2D eigenvalue weighted by Crippen LogP contribution is -2.08. The Morgan fingerprint density at radius 3 is 2.91 bits per heavy atom. The van der Waals surface area contributed by atoms with Crippen molar-refractivity contribution >= 4 is 39.9 Å². The lowest BCUT2D eigenvalue weighted by molar-refractivity contribution is 0.877. The van der Waals surface area contributed by atoms with Crippen molar-refractivity contribution in [2.24, 2.45) is 4.99 Å². The topological polar surface area (TPSA) is 43.1 Å². The highest BCUT2D eigenvalue weighted by molar-refractivity contribution is 14.1. The van der Waals surface area contributed by atoms with Gasteiger partial charge in [0.2, 0.25) is 0 Å². The van der Waals surface area contributed by atoms with E-state index in [2.05, 4.69) is 55.3 Å². The third-order valence-corrected chi connectivity index (χ3v) is 4.67. The Bertz CT molecular complexity index is 902. The largest absolute Gasteiger partial charge is 0.301 e. The molecule has 23 heavy (non-hydrogen) atoms. The summed E-state index contributed by atoms with van der Waals surface area (Å²) in [7, 11) is 0. The molecule has 1 aliphatic rings. The molecule has 4 rings (SSSR count). The van der Waals surface area contributed by atoms with Crippen molar-refractivity contribution in [1.82, 2.24) is 14.5 Å². The molecule has 0 unspecified atom stereocenters. The molecule has 0 saturated heterocycles. The molecule has 0 radical (unpaired) electrons. The van der Waals surface area contributed by atoms with Crippen LogP contribution in [0, 0.1) is 3.57 Å². The molecule has 114 valence electrons. The van der Waals surface area contributed by atoms with Crippen LogP contribution in [0.4, 0.5) is 0 Å². The average Bonchev–Trinajstić information content (AvgIpc) is 2.93. The summed E-state index contributed by atoms with van der Waals surface area (Å²) in [5.41, 5.74) is 4.76. The molecule has 1 aromatic carbocycles. The van der Waals surface area contributed by atoms with E-state index in [0.29, 0.717) is 12.4 Å². The number of aromatic nitrogens is 3. The van der Waals surface area contributed by atoms with Crippen molar-refractivity contribution in [2.45, 2.75) is 12.4 Å². The summed E-state index contributed by atoms with van der Waals surface area (Å²) in [6.45, 7) is 0.508. The molecule has 0 aliphatic carbocycles. The van der Waals surface area contributed by atoms with E-state index in [0.717, 1.165) is 37.7 Å². The van der Waals surface area contributed by atoms with Gasteiger partial charge in [-0.05, 0) is 52.9 Å². The van der Waals surface area contributed by atoms with Crippen molar-refractivity contribution in [2.75, 3.05) is 0 Å². The van der Waals surface area contributed by atoms with Gasteiger partial charge in [0.1, 0.15) is 5.82 Å². The summed E-state index contributed by atoms with van der Waals surface area (Å²) in [6, 6.07) is 12.2. The molecule has 4 nitrogen and oxygen atoms in total. The summed E-state index contributed by atoms with van der Waals surface area (Å²) in [4.78, 5) is 13.8. The zero-order valence-electron chi connectivity index (χ0n) is 12.1. The van der Waals surface area contributed by atoms with E-state index < -0.39 is 0 Å².